The van der Waals surface area contributed by atoms with Crippen LogP contribution in [-0.4, -0.2) is 14.8 Å². The maximum Gasteiger partial charge on any atom is 0.218 e. The van der Waals surface area contributed by atoms with Crippen LogP contribution in [0.15, 0.2) is 9.47 Å². The minimum Gasteiger partial charge on any atom is -0.239 e. The predicted octanol–water partition coefficient (Wildman–Crippen LogP) is 4.16. The van der Waals surface area contributed by atoms with E-state index in [2.05, 4.69) is 48.9 Å². The minimum atomic E-state index is 0.653. The molecule has 0 bridgehead atoms. The molecule has 1 heterocycles. The third kappa shape index (κ3) is 5.11. The Hall–Kier alpha value is 0.1000. The Morgan fingerprint density at radius 1 is 1.07 bits per heavy atom. The zero-order valence-electron chi connectivity index (χ0n) is 9.05. The summed E-state index contributed by atoms with van der Waals surface area (Å²) < 4.78 is 3.35. The van der Waals surface area contributed by atoms with Crippen LogP contribution < -0.4 is 0 Å². The monoisotopic (exact) mass is 337 g/mol. The Balaban J connectivity index is 2.12. The summed E-state index contributed by atoms with van der Waals surface area (Å²) in [5.41, 5.74) is 0. The van der Waals surface area contributed by atoms with E-state index >= 15 is 0 Å². The number of nitrogens with zero attached hydrogens (tertiary/aromatic N) is 3. The number of aromatic nitrogens is 3. The molecule has 0 radical (unpaired) electrons. The van der Waals surface area contributed by atoms with Gasteiger partial charge in [0, 0.05) is 6.54 Å². The molecular weight excluding hydrogens is 322 g/mol. The fourth-order valence-electron chi connectivity index (χ4n) is 1.48. The second-order valence-corrected chi connectivity index (χ2v) is 5.06. The number of hydrogen-bond donors (Lipinski definition) is 0. The quantitative estimate of drug-likeness (QED) is 0.699. The summed E-state index contributed by atoms with van der Waals surface area (Å²) in [6.45, 7) is 3.19. The molecule has 0 fully saturated rings. The highest BCUT2D eigenvalue weighted by Gasteiger charge is 2.03. The van der Waals surface area contributed by atoms with Crippen molar-refractivity contribution in [1.82, 2.24) is 14.8 Å². The van der Waals surface area contributed by atoms with Crippen molar-refractivity contribution in [1.29, 1.82) is 0 Å². The van der Waals surface area contributed by atoms with Gasteiger partial charge in [-0.2, -0.15) is 4.98 Å². The van der Waals surface area contributed by atoms with Gasteiger partial charge in [0.2, 0.25) is 4.73 Å². The van der Waals surface area contributed by atoms with Gasteiger partial charge in [-0.25, -0.2) is 4.68 Å². The first-order valence-electron chi connectivity index (χ1n) is 5.50. The van der Waals surface area contributed by atoms with Crippen molar-refractivity contribution in [3.05, 3.63) is 9.47 Å². The first-order valence-corrected chi connectivity index (χ1v) is 7.08. The number of unbranched alkanes of at least 4 members (excludes halogenated alkanes) is 5. The molecule has 0 aliphatic rings. The van der Waals surface area contributed by atoms with Crippen LogP contribution in [0.1, 0.15) is 45.4 Å². The molecular formula is C10H17Br2N3. The summed E-state index contributed by atoms with van der Waals surface area (Å²) in [4.78, 5) is 4.12. The molecule has 0 aliphatic carbocycles. The maximum absolute atomic E-state index is 4.22. The lowest BCUT2D eigenvalue weighted by Gasteiger charge is -2.02. The predicted molar refractivity (Wildman–Crippen MR) is 68.8 cm³/mol. The van der Waals surface area contributed by atoms with Crippen LogP contribution >= 0.6 is 31.9 Å². The summed E-state index contributed by atoms with van der Waals surface area (Å²) in [6.07, 6.45) is 7.82. The summed E-state index contributed by atoms with van der Waals surface area (Å²) in [6, 6.07) is 0. The van der Waals surface area contributed by atoms with Gasteiger partial charge < -0.3 is 0 Å². The molecule has 86 valence electrons. The summed E-state index contributed by atoms with van der Waals surface area (Å²) in [5.74, 6) is 0. The van der Waals surface area contributed by atoms with Crippen molar-refractivity contribution in [2.75, 3.05) is 0 Å². The summed E-state index contributed by atoms with van der Waals surface area (Å²) in [7, 11) is 0. The molecule has 0 unspecified atom stereocenters. The highest BCUT2D eigenvalue weighted by Crippen LogP contribution is 2.13. The number of aryl methyl sites for hydroxylation is 1. The largest absolute Gasteiger partial charge is 0.239 e. The normalized spacial score (nSPS) is 10.9. The van der Waals surface area contributed by atoms with E-state index in [1.807, 2.05) is 4.68 Å². The summed E-state index contributed by atoms with van der Waals surface area (Å²) in [5, 5.41) is 4.22. The third-order valence-corrected chi connectivity index (χ3v) is 3.25. The fraction of sp³-hybridized carbons (Fsp3) is 0.800. The highest BCUT2D eigenvalue weighted by molar-refractivity contribution is 9.11. The Kier molecular flexibility index (Phi) is 6.48. The molecule has 1 rings (SSSR count). The second-order valence-electron chi connectivity index (χ2n) is 3.64. The van der Waals surface area contributed by atoms with Crippen molar-refractivity contribution in [3.63, 3.8) is 0 Å². The molecule has 0 aliphatic heterocycles. The van der Waals surface area contributed by atoms with E-state index in [1.54, 1.807) is 0 Å². The summed E-state index contributed by atoms with van der Waals surface area (Å²) >= 11 is 6.62. The van der Waals surface area contributed by atoms with E-state index < -0.39 is 0 Å². The van der Waals surface area contributed by atoms with Crippen molar-refractivity contribution >= 4 is 31.9 Å². The van der Waals surface area contributed by atoms with E-state index in [9.17, 15) is 0 Å². The van der Waals surface area contributed by atoms with Crippen LogP contribution in [0.5, 0.6) is 0 Å². The molecule has 0 saturated heterocycles. The lowest BCUT2D eigenvalue weighted by molar-refractivity contribution is 0.519. The van der Waals surface area contributed by atoms with Gasteiger partial charge in [0.05, 0.1) is 0 Å². The van der Waals surface area contributed by atoms with Crippen molar-refractivity contribution in [2.45, 2.75) is 52.0 Å². The number of halogens is 2. The molecule has 1 aromatic heterocycles. The van der Waals surface area contributed by atoms with Gasteiger partial charge >= 0.3 is 0 Å². The van der Waals surface area contributed by atoms with Gasteiger partial charge in [-0.1, -0.05) is 39.0 Å². The molecule has 5 heteroatoms. The van der Waals surface area contributed by atoms with Crippen molar-refractivity contribution < 1.29 is 0 Å². The van der Waals surface area contributed by atoms with E-state index in [4.69, 9.17) is 0 Å². The van der Waals surface area contributed by atoms with Gasteiger partial charge in [-0.15, -0.1) is 5.10 Å². The third-order valence-electron chi connectivity index (χ3n) is 2.32. The molecule has 0 atom stereocenters. The zero-order chi connectivity index (χ0) is 11.1. The molecule has 0 N–H and O–H groups in total. The molecule has 15 heavy (non-hydrogen) atoms. The van der Waals surface area contributed by atoms with Gasteiger partial charge in [-0.3, -0.25) is 0 Å². The average Bonchev–Trinajstić information content (AvgIpc) is 2.51. The van der Waals surface area contributed by atoms with Crippen LogP contribution in [0.2, 0.25) is 0 Å². The van der Waals surface area contributed by atoms with E-state index in [0.717, 1.165) is 11.3 Å². The SMILES string of the molecule is CCCCCCCCn1nc(Br)nc1Br. The first kappa shape index (κ1) is 13.2. The molecule has 0 spiro atoms. The van der Waals surface area contributed by atoms with E-state index in [-0.39, 0.29) is 0 Å². The second kappa shape index (κ2) is 7.39. The van der Waals surface area contributed by atoms with Gasteiger partial charge in [-0.05, 0) is 38.3 Å². The van der Waals surface area contributed by atoms with Crippen LogP contribution in [0.4, 0.5) is 0 Å². The lowest BCUT2D eigenvalue weighted by Crippen LogP contribution is -2.00. The molecule has 3 nitrogen and oxygen atoms in total. The number of hydrogen-bond acceptors (Lipinski definition) is 2. The van der Waals surface area contributed by atoms with Crippen molar-refractivity contribution in [3.8, 4) is 0 Å². The minimum absolute atomic E-state index is 0.653. The van der Waals surface area contributed by atoms with Gasteiger partial charge in [0.15, 0.2) is 4.73 Å². The molecule has 0 amide bonds. The zero-order valence-corrected chi connectivity index (χ0v) is 12.2. The average molecular weight is 339 g/mol. The lowest BCUT2D eigenvalue weighted by atomic mass is 10.1. The van der Waals surface area contributed by atoms with Crippen LogP contribution in [0.3, 0.4) is 0 Å². The van der Waals surface area contributed by atoms with Crippen LogP contribution in [0.25, 0.3) is 0 Å². The smallest absolute Gasteiger partial charge is 0.218 e. The highest BCUT2D eigenvalue weighted by atomic mass is 79.9. The van der Waals surface area contributed by atoms with E-state index in [0.29, 0.717) is 4.73 Å². The van der Waals surface area contributed by atoms with Crippen molar-refractivity contribution in [2.24, 2.45) is 0 Å². The van der Waals surface area contributed by atoms with Gasteiger partial charge in [0.25, 0.3) is 0 Å². The Morgan fingerprint density at radius 3 is 2.33 bits per heavy atom. The first-order chi connectivity index (χ1) is 7.24. The Labute approximate surface area is 108 Å². The molecule has 0 saturated carbocycles. The topological polar surface area (TPSA) is 30.7 Å². The number of rotatable bonds is 7. The van der Waals surface area contributed by atoms with E-state index in [1.165, 1.54) is 38.5 Å². The fourth-order valence-corrected chi connectivity index (χ4v) is 2.50. The maximum atomic E-state index is 4.22. The molecule has 1 aromatic rings. The van der Waals surface area contributed by atoms with Crippen LogP contribution in [-0.2, 0) is 6.54 Å². The standard InChI is InChI=1S/C10H17Br2N3/c1-2-3-4-5-6-7-8-15-10(12)13-9(11)14-15/h2-8H2,1H3. The Morgan fingerprint density at radius 2 is 1.73 bits per heavy atom. The Bertz CT molecular complexity index is 286. The van der Waals surface area contributed by atoms with Gasteiger partial charge in [0.1, 0.15) is 0 Å². The molecule has 0 aromatic carbocycles. The van der Waals surface area contributed by atoms with Crippen LogP contribution in [0, 0.1) is 0 Å².